The number of rotatable bonds is 6. The number of nitrogens with two attached hydrogens (primary N) is 1. The Bertz CT molecular complexity index is 562. The molecule has 106 valence electrons. The van der Waals surface area contributed by atoms with E-state index in [4.69, 9.17) is 10.5 Å². The molecule has 0 saturated carbocycles. The molecule has 2 aromatic carbocycles. The van der Waals surface area contributed by atoms with Crippen LogP contribution in [0.15, 0.2) is 53.4 Å². The second-order valence-electron chi connectivity index (χ2n) is 4.52. The Morgan fingerprint density at radius 3 is 2.60 bits per heavy atom. The first-order valence-electron chi connectivity index (χ1n) is 6.45. The molecule has 2 rings (SSSR count). The topological polar surface area (TPSA) is 35.2 Å². The van der Waals surface area contributed by atoms with Crippen LogP contribution in [0.2, 0.25) is 0 Å². The number of ether oxygens (including phenoxy) is 1. The molecule has 0 aliphatic carbocycles. The van der Waals surface area contributed by atoms with Gasteiger partial charge >= 0.3 is 0 Å². The number of para-hydroxylation sites is 1. The Labute approximate surface area is 123 Å². The Morgan fingerprint density at radius 1 is 1.15 bits per heavy atom. The Kier molecular flexibility index (Phi) is 5.44. The van der Waals surface area contributed by atoms with Gasteiger partial charge in [0.2, 0.25) is 0 Å². The van der Waals surface area contributed by atoms with Crippen LogP contribution in [0.1, 0.15) is 5.56 Å². The summed E-state index contributed by atoms with van der Waals surface area (Å²) in [7, 11) is 1.65. The van der Waals surface area contributed by atoms with Gasteiger partial charge in [-0.2, -0.15) is 0 Å². The Morgan fingerprint density at radius 2 is 1.85 bits per heavy atom. The van der Waals surface area contributed by atoms with Crippen molar-refractivity contribution < 1.29 is 9.13 Å². The number of thioether (sulfide) groups is 1. The lowest BCUT2D eigenvalue weighted by Gasteiger charge is -2.14. The van der Waals surface area contributed by atoms with E-state index in [1.165, 1.54) is 17.8 Å². The fourth-order valence-corrected chi connectivity index (χ4v) is 2.86. The summed E-state index contributed by atoms with van der Waals surface area (Å²) < 4.78 is 18.8. The molecular weight excluding hydrogens is 273 g/mol. The molecule has 0 amide bonds. The molecule has 0 saturated heterocycles. The molecule has 0 radical (unpaired) electrons. The first-order chi connectivity index (χ1) is 9.70. The van der Waals surface area contributed by atoms with Crippen LogP contribution in [-0.4, -0.2) is 18.9 Å². The van der Waals surface area contributed by atoms with Crippen molar-refractivity contribution in [3.05, 3.63) is 59.9 Å². The van der Waals surface area contributed by atoms with Crippen LogP contribution < -0.4 is 10.5 Å². The standard InChI is InChI=1S/C16H18FNOS/c1-19-15-8-4-2-6-12(15)10-13(18)11-20-16-9-5-3-7-14(16)17/h2-9,13H,10-11,18H2,1H3. The number of halogens is 1. The average Bonchev–Trinajstić information content (AvgIpc) is 2.47. The average molecular weight is 291 g/mol. The first kappa shape index (κ1) is 14.9. The van der Waals surface area contributed by atoms with E-state index >= 15 is 0 Å². The van der Waals surface area contributed by atoms with Crippen LogP contribution in [0.3, 0.4) is 0 Å². The summed E-state index contributed by atoms with van der Waals surface area (Å²) in [4.78, 5) is 0.642. The number of benzene rings is 2. The van der Waals surface area contributed by atoms with E-state index in [-0.39, 0.29) is 11.9 Å². The van der Waals surface area contributed by atoms with Crippen molar-refractivity contribution in [1.82, 2.24) is 0 Å². The second kappa shape index (κ2) is 7.31. The van der Waals surface area contributed by atoms with Crippen LogP contribution >= 0.6 is 11.8 Å². The van der Waals surface area contributed by atoms with Gasteiger partial charge in [-0.05, 0) is 30.2 Å². The number of methoxy groups -OCH3 is 1. The van der Waals surface area contributed by atoms with Crippen LogP contribution in [0.5, 0.6) is 5.75 Å². The van der Waals surface area contributed by atoms with Crippen molar-refractivity contribution in [1.29, 1.82) is 0 Å². The molecule has 0 fully saturated rings. The van der Waals surface area contributed by atoms with E-state index in [2.05, 4.69) is 0 Å². The highest BCUT2D eigenvalue weighted by Gasteiger charge is 2.10. The van der Waals surface area contributed by atoms with Crippen molar-refractivity contribution in [2.75, 3.05) is 12.9 Å². The SMILES string of the molecule is COc1ccccc1CC(N)CSc1ccccc1F. The normalized spacial score (nSPS) is 12.2. The van der Waals surface area contributed by atoms with Gasteiger partial charge < -0.3 is 10.5 Å². The molecule has 20 heavy (non-hydrogen) atoms. The molecular formula is C16H18FNOS. The molecule has 1 atom stereocenters. The van der Waals surface area contributed by atoms with Crippen LogP contribution in [0.4, 0.5) is 4.39 Å². The third-order valence-electron chi connectivity index (χ3n) is 2.96. The van der Waals surface area contributed by atoms with Gasteiger partial charge in [-0.15, -0.1) is 11.8 Å². The molecule has 2 N–H and O–H groups in total. The highest BCUT2D eigenvalue weighted by atomic mass is 32.2. The minimum Gasteiger partial charge on any atom is -0.496 e. The molecule has 1 unspecified atom stereocenters. The summed E-state index contributed by atoms with van der Waals surface area (Å²) >= 11 is 1.45. The van der Waals surface area contributed by atoms with Crippen molar-refractivity contribution in [3.63, 3.8) is 0 Å². The van der Waals surface area contributed by atoms with Crippen LogP contribution in [0.25, 0.3) is 0 Å². The zero-order valence-corrected chi connectivity index (χ0v) is 12.2. The first-order valence-corrected chi connectivity index (χ1v) is 7.44. The van der Waals surface area contributed by atoms with Crippen molar-refractivity contribution in [2.24, 2.45) is 5.73 Å². The maximum Gasteiger partial charge on any atom is 0.136 e. The van der Waals surface area contributed by atoms with E-state index in [9.17, 15) is 4.39 Å². The van der Waals surface area contributed by atoms with Gasteiger partial charge in [-0.3, -0.25) is 0 Å². The van der Waals surface area contributed by atoms with E-state index in [1.807, 2.05) is 30.3 Å². The largest absolute Gasteiger partial charge is 0.496 e. The van der Waals surface area contributed by atoms with Gasteiger partial charge in [0.1, 0.15) is 11.6 Å². The maximum atomic E-state index is 13.5. The summed E-state index contributed by atoms with van der Waals surface area (Å²) in [6.07, 6.45) is 0.714. The highest BCUT2D eigenvalue weighted by Crippen LogP contribution is 2.24. The molecule has 2 aromatic rings. The molecule has 2 nitrogen and oxygen atoms in total. The van der Waals surface area contributed by atoms with Gasteiger partial charge in [-0.25, -0.2) is 4.39 Å². The quantitative estimate of drug-likeness (QED) is 0.827. The lowest BCUT2D eigenvalue weighted by Crippen LogP contribution is -2.25. The number of hydrogen-bond donors (Lipinski definition) is 1. The molecule has 4 heteroatoms. The highest BCUT2D eigenvalue weighted by molar-refractivity contribution is 7.99. The minimum atomic E-state index is -0.193. The zero-order chi connectivity index (χ0) is 14.4. The summed E-state index contributed by atoms with van der Waals surface area (Å²) in [5.41, 5.74) is 7.21. The van der Waals surface area contributed by atoms with Gasteiger partial charge in [0.25, 0.3) is 0 Å². The lowest BCUT2D eigenvalue weighted by molar-refractivity contribution is 0.408. The third kappa shape index (κ3) is 3.99. The van der Waals surface area contributed by atoms with Gasteiger partial charge in [0.05, 0.1) is 7.11 Å². The fraction of sp³-hybridized carbons (Fsp3) is 0.250. The zero-order valence-electron chi connectivity index (χ0n) is 11.4. The minimum absolute atomic E-state index is 0.0455. The maximum absolute atomic E-state index is 13.5. The van der Waals surface area contributed by atoms with Crippen LogP contribution in [-0.2, 0) is 6.42 Å². The van der Waals surface area contributed by atoms with Crippen molar-refractivity contribution >= 4 is 11.8 Å². The predicted molar refractivity (Wildman–Crippen MR) is 81.8 cm³/mol. The smallest absolute Gasteiger partial charge is 0.136 e. The van der Waals surface area contributed by atoms with Gasteiger partial charge in [-0.1, -0.05) is 30.3 Å². The predicted octanol–water partition coefficient (Wildman–Crippen LogP) is 3.50. The van der Waals surface area contributed by atoms with Gasteiger partial charge in [0.15, 0.2) is 0 Å². The number of hydrogen-bond acceptors (Lipinski definition) is 3. The summed E-state index contributed by atoms with van der Waals surface area (Å²) in [5.74, 6) is 1.32. The molecule has 0 heterocycles. The fourth-order valence-electron chi connectivity index (χ4n) is 1.97. The molecule has 0 aliphatic rings. The monoisotopic (exact) mass is 291 g/mol. The van der Waals surface area contributed by atoms with Crippen molar-refractivity contribution in [3.8, 4) is 5.75 Å². The molecule has 0 spiro atoms. The Hall–Kier alpha value is -1.52. The molecule has 0 aromatic heterocycles. The van der Waals surface area contributed by atoms with E-state index in [1.54, 1.807) is 19.2 Å². The summed E-state index contributed by atoms with van der Waals surface area (Å²) in [6.45, 7) is 0. The van der Waals surface area contributed by atoms with E-state index < -0.39 is 0 Å². The molecule has 0 bridgehead atoms. The third-order valence-corrected chi connectivity index (χ3v) is 4.20. The van der Waals surface area contributed by atoms with Crippen LogP contribution in [0, 0.1) is 5.82 Å². The summed E-state index contributed by atoms with van der Waals surface area (Å²) in [6, 6.07) is 14.5. The van der Waals surface area contributed by atoms with E-state index in [0.717, 1.165) is 11.3 Å². The van der Waals surface area contributed by atoms with Gasteiger partial charge in [0, 0.05) is 16.7 Å². The second-order valence-corrected chi connectivity index (χ2v) is 5.58. The summed E-state index contributed by atoms with van der Waals surface area (Å²) in [5, 5.41) is 0. The lowest BCUT2D eigenvalue weighted by atomic mass is 10.1. The Balaban J connectivity index is 1.93. The molecule has 0 aliphatic heterocycles. The van der Waals surface area contributed by atoms with E-state index in [0.29, 0.717) is 17.1 Å². The van der Waals surface area contributed by atoms with Crippen molar-refractivity contribution in [2.45, 2.75) is 17.4 Å².